The molecule has 0 aliphatic rings. The number of hydrogen-bond donors (Lipinski definition) is 0. The number of rotatable bonds is 4. The average molecular weight is 281 g/mol. The van der Waals surface area contributed by atoms with Crippen molar-refractivity contribution in [2.75, 3.05) is 0 Å². The SMILES string of the molecule is CCCn1nc(-c2cc(C)ccc2C)cc(CC#N)c1=O. The first-order valence-corrected chi connectivity index (χ1v) is 7.12. The van der Waals surface area contributed by atoms with Gasteiger partial charge < -0.3 is 0 Å². The molecule has 21 heavy (non-hydrogen) atoms. The van der Waals surface area contributed by atoms with Crippen LogP contribution in [0.25, 0.3) is 11.3 Å². The Morgan fingerprint density at radius 1 is 1.29 bits per heavy atom. The summed E-state index contributed by atoms with van der Waals surface area (Å²) in [4.78, 5) is 12.2. The van der Waals surface area contributed by atoms with Crippen LogP contribution in [0.4, 0.5) is 0 Å². The van der Waals surface area contributed by atoms with Crippen molar-refractivity contribution in [1.29, 1.82) is 5.26 Å². The highest BCUT2D eigenvalue weighted by Crippen LogP contribution is 2.22. The van der Waals surface area contributed by atoms with Gasteiger partial charge in [-0.1, -0.05) is 24.6 Å². The molecule has 108 valence electrons. The van der Waals surface area contributed by atoms with Gasteiger partial charge >= 0.3 is 0 Å². The van der Waals surface area contributed by atoms with Gasteiger partial charge in [-0.25, -0.2) is 4.68 Å². The molecule has 2 aromatic rings. The molecule has 4 heteroatoms. The van der Waals surface area contributed by atoms with Gasteiger partial charge in [0.2, 0.25) is 0 Å². The molecule has 2 rings (SSSR count). The van der Waals surface area contributed by atoms with Gasteiger partial charge in [0.15, 0.2) is 0 Å². The molecular weight excluding hydrogens is 262 g/mol. The van der Waals surface area contributed by atoms with Gasteiger partial charge in [0.25, 0.3) is 5.56 Å². The normalized spacial score (nSPS) is 10.4. The number of benzene rings is 1. The molecule has 0 aliphatic heterocycles. The summed E-state index contributed by atoms with van der Waals surface area (Å²) >= 11 is 0. The molecule has 0 spiro atoms. The lowest BCUT2D eigenvalue weighted by molar-refractivity contribution is 0.566. The minimum absolute atomic E-state index is 0.114. The predicted molar refractivity (Wildman–Crippen MR) is 83.0 cm³/mol. The standard InChI is InChI=1S/C17H19N3O/c1-4-9-20-17(21)14(7-8-18)11-16(19-20)15-10-12(2)5-6-13(15)3/h5-6,10-11H,4,7,9H2,1-3H3. The van der Waals surface area contributed by atoms with E-state index in [0.717, 1.165) is 28.8 Å². The fraction of sp³-hybridized carbons (Fsp3) is 0.353. The number of aromatic nitrogens is 2. The summed E-state index contributed by atoms with van der Waals surface area (Å²) in [5, 5.41) is 13.4. The van der Waals surface area contributed by atoms with Crippen molar-refractivity contribution in [3.8, 4) is 17.3 Å². The average Bonchev–Trinajstić information content (AvgIpc) is 2.46. The Labute approximate surface area is 124 Å². The third kappa shape index (κ3) is 3.19. The van der Waals surface area contributed by atoms with E-state index in [1.165, 1.54) is 4.68 Å². The van der Waals surface area contributed by atoms with Gasteiger partial charge in [0, 0.05) is 17.7 Å². The van der Waals surface area contributed by atoms with Gasteiger partial charge in [-0.15, -0.1) is 0 Å². The lowest BCUT2D eigenvalue weighted by Gasteiger charge is -2.11. The monoisotopic (exact) mass is 281 g/mol. The highest BCUT2D eigenvalue weighted by Gasteiger charge is 2.11. The Kier molecular flexibility index (Phi) is 4.54. The summed E-state index contributed by atoms with van der Waals surface area (Å²) in [6.45, 7) is 6.62. The van der Waals surface area contributed by atoms with Crippen LogP contribution >= 0.6 is 0 Å². The summed E-state index contributed by atoms with van der Waals surface area (Å²) in [5.74, 6) is 0. The van der Waals surface area contributed by atoms with E-state index in [1.807, 2.05) is 26.8 Å². The Bertz CT molecular complexity index is 754. The van der Waals surface area contributed by atoms with Crippen molar-refractivity contribution in [3.63, 3.8) is 0 Å². The summed E-state index contributed by atoms with van der Waals surface area (Å²) in [7, 11) is 0. The first-order chi connectivity index (χ1) is 10.1. The van der Waals surface area contributed by atoms with E-state index in [1.54, 1.807) is 6.07 Å². The van der Waals surface area contributed by atoms with Crippen LogP contribution < -0.4 is 5.56 Å². The van der Waals surface area contributed by atoms with Crippen LogP contribution in [0.5, 0.6) is 0 Å². The third-order valence-corrected chi connectivity index (χ3v) is 3.42. The van der Waals surface area contributed by atoms with Gasteiger partial charge in [-0.3, -0.25) is 4.79 Å². The number of hydrogen-bond acceptors (Lipinski definition) is 3. The molecule has 0 amide bonds. The van der Waals surface area contributed by atoms with Crippen LogP contribution in [-0.2, 0) is 13.0 Å². The van der Waals surface area contributed by atoms with E-state index in [-0.39, 0.29) is 12.0 Å². The maximum Gasteiger partial charge on any atom is 0.271 e. The van der Waals surface area contributed by atoms with Crippen LogP contribution in [0.1, 0.15) is 30.0 Å². The summed E-state index contributed by atoms with van der Waals surface area (Å²) < 4.78 is 1.48. The second-order valence-electron chi connectivity index (χ2n) is 5.24. The molecule has 0 fully saturated rings. The van der Waals surface area contributed by atoms with Crippen molar-refractivity contribution in [2.24, 2.45) is 0 Å². The zero-order chi connectivity index (χ0) is 15.4. The highest BCUT2D eigenvalue weighted by molar-refractivity contribution is 5.64. The maximum absolute atomic E-state index is 12.2. The van der Waals surface area contributed by atoms with Gasteiger partial charge in [-0.2, -0.15) is 10.4 Å². The van der Waals surface area contributed by atoms with E-state index in [4.69, 9.17) is 5.26 Å². The molecule has 0 N–H and O–H groups in total. The summed E-state index contributed by atoms with van der Waals surface area (Å²) in [5.41, 5.74) is 4.38. The van der Waals surface area contributed by atoms with Crippen molar-refractivity contribution in [2.45, 2.75) is 40.2 Å². The molecule has 0 saturated heterocycles. The van der Waals surface area contributed by atoms with Crippen molar-refractivity contribution in [1.82, 2.24) is 9.78 Å². The van der Waals surface area contributed by atoms with Crippen LogP contribution in [-0.4, -0.2) is 9.78 Å². The Balaban J connectivity index is 2.66. The summed E-state index contributed by atoms with van der Waals surface area (Å²) in [6.07, 6.45) is 0.943. The largest absolute Gasteiger partial charge is 0.271 e. The summed E-state index contributed by atoms with van der Waals surface area (Å²) in [6, 6.07) is 9.97. The van der Waals surface area contributed by atoms with Gasteiger partial charge in [-0.05, 0) is 38.0 Å². The molecule has 4 nitrogen and oxygen atoms in total. The van der Waals surface area contributed by atoms with Gasteiger partial charge in [0.1, 0.15) is 0 Å². The smallest absolute Gasteiger partial charge is 0.267 e. The fourth-order valence-corrected chi connectivity index (χ4v) is 2.32. The molecule has 0 unspecified atom stereocenters. The second kappa shape index (κ2) is 6.36. The lowest BCUT2D eigenvalue weighted by Crippen LogP contribution is -2.26. The van der Waals surface area contributed by atoms with E-state index in [2.05, 4.69) is 23.3 Å². The van der Waals surface area contributed by atoms with Crippen LogP contribution in [0.2, 0.25) is 0 Å². The molecule has 0 aliphatic carbocycles. The maximum atomic E-state index is 12.2. The Hall–Kier alpha value is -2.41. The molecule has 0 saturated carbocycles. The molecule has 1 aromatic carbocycles. The van der Waals surface area contributed by atoms with Crippen LogP contribution in [0.15, 0.2) is 29.1 Å². The van der Waals surface area contributed by atoms with Gasteiger partial charge in [0.05, 0.1) is 18.2 Å². The highest BCUT2D eigenvalue weighted by atomic mass is 16.1. The van der Waals surface area contributed by atoms with E-state index in [0.29, 0.717) is 12.1 Å². The van der Waals surface area contributed by atoms with E-state index >= 15 is 0 Å². The topological polar surface area (TPSA) is 58.7 Å². The minimum Gasteiger partial charge on any atom is -0.267 e. The number of nitriles is 1. The quantitative estimate of drug-likeness (QED) is 0.865. The Morgan fingerprint density at radius 3 is 2.71 bits per heavy atom. The van der Waals surface area contributed by atoms with Crippen molar-refractivity contribution >= 4 is 0 Å². The third-order valence-electron chi connectivity index (χ3n) is 3.42. The Morgan fingerprint density at radius 2 is 2.05 bits per heavy atom. The molecular formula is C17H19N3O. The first kappa shape index (κ1) is 15.0. The minimum atomic E-state index is -0.160. The fourth-order valence-electron chi connectivity index (χ4n) is 2.32. The lowest BCUT2D eigenvalue weighted by atomic mass is 10.0. The zero-order valence-electron chi connectivity index (χ0n) is 12.7. The van der Waals surface area contributed by atoms with Crippen molar-refractivity contribution < 1.29 is 0 Å². The molecule has 0 atom stereocenters. The van der Waals surface area contributed by atoms with Crippen molar-refractivity contribution in [3.05, 3.63) is 51.3 Å². The predicted octanol–water partition coefficient (Wildman–Crippen LogP) is 3.00. The molecule has 0 bridgehead atoms. The van der Waals surface area contributed by atoms with Crippen LogP contribution in [0, 0.1) is 25.2 Å². The number of nitrogens with zero attached hydrogens (tertiary/aromatic N) is 3. The van der Waals surface area contributed by atoms with E-state index in [9.17, 15) is 4.79 Å². The molecule has 1 aromatic heterocycles. The zero-order valence-corrected chi connectivity index (χ0v) is 12.7. The molecule has 1 heterocycles. The first-order valence-electron chi connectivity index (χ1n) is 7.12. The second-order valence-corrected chi connectivity index (χ2v) is 5.24. The van der Waals surface area contributed by atoms with Crippen LogP contribution in [0.3, 0.4) is 0 Å². The number of aryl methyl sites for hydroxylation is 3. The molecule has 0 radical (unpaired) electrons. The van der Waals surface area contributed by atoms with E-state index < -0.39 is 0 Å².